The van der Waals surface area contributed by atoms with Crippen LogP contribution in [0.3, 0.4) is 0 Å². The Labute approximate surface area is 184 Å². The molecule has 0 bridgehead atoms. The summed E-state index contributed by atoms with van der Waals surface area (Å²) < 4.78 is 10.7. The molecule has 3 aliphatic heterocycles. The average Bonchev–Trinajstić information content (AvgIpc) is 2.82. The number of hydrogen-bond acceptors (Lipinski definition) is 7. The molecule has 0 aromatic carbocycles. The number of hydrogen-bond donors (Lipinski definition) is 6. The average molecular weight is 435 g/mol. The zero-order valence-electron chi connectivity index (χ0n) is 19.4. The summed E-state index contributed by atoms with van der Waals surface area (Å²) in [6.45, 7) is 21.6. The summed E-state index contributed by atoms with van der Waals surface area (Å²) in [6.07, 6.45) is 1.30. The van der Waals surface area contributed by atoms with Crippen LogP contribution in [-0.4, -0.2) is 135 Å². The van der Waals surface area contributed by atoms with E-state index in [0.29, 0.717) is 0 Å². The van der Waals surface area contributed by atoms with Gasteiger partial charge in [-0.3, -0.25) is 4.90 Å². The van der Waals surface area contributed by atoms with Crippen molar-refractivity contribution in [1.29, 1.82) is 0 Å². The molecule has 9 nitrogen and oxygen atoms in total. The molecule has 0 amide bonds. The van der Waals surface area contributed by atoms with Crippen molar-refractivity contribution in [3.8, 4) is 0 Å². The molecule has 3 saturated heterocycles. The topological polar surface area (TPSA) is 99.1 Å². The highest BCUT2D eigenvalue weighted by Crippen LogP contribution is 1.91. The van der Waals surface area contributed by atoms with Crippen molar-refractivity contribution in [2.24, 2.45) is 0 Å². The van der Waals surface area contributed by atoms with Gasteiger partial charge in [0.1, 0.15) is 13.1 Å². The van der Waals surface area contributed by atoms with E-state index in [1.165, 1.54) is 26.1 Å². The molecule has 0 saturated carbocycles. The summed E-state index contributed by atoms with van der Waals surface area (Å²) in [4.78, 5) is 4.14. The molecule has 3 heterocycles. The molecule has 3 aliphatic rings. The van der Waals surface area contributed by atoms with Crippen LogP contribution in [0, 0.1) is 0 Å². The quantitative estimate of drug-likeness (QED) is 0.195. The van der Waals surface area contributed by atoms with Crippen LogP contribution in [0.25, 0.3) is 0 Å². The fourth-order valence-corrected chi connectivity index (χ4v) is 3.50. The molecule has 0 aromatic rings. The molecule has 180 valence electrons. The van der Waals surface area contributed by atoms with Gasteiger partial charge in [0, 0.05) is 58.9 Å². The van der Waals surface area contributed by atoms with E-state index in [9.17, 15) is 0 Å². The molecule has 9 heteroatoms. The molecule has 3 rings (SSSR count). The van der Waals surface area contributed by atoms with E-state index in [1.807, 2.05) is 0 Å². The minimum atomic E-state index is 0.251. The second-order valence-corrected chi connectivity index (χ2v) is 7.91. The van der Waals surface area contributed by atoms with Crippen LogP contribution >= 0.6 is 0 Å². The first-order valence-corrected chi connectivity index (χ1v) is 12.1. The van der Waals surface area contributed by atoms with Crippen LogP contribution in [0.5, 0.6) is 0 Å². The van der Waals surface area contributed by atoms with Crippen LogP contribution in [0.15, 0.2) is 0 Å². The number of nitrogens with zero attached hydrogens (tertiary/aromatic N) is 1. The summed E-state index contributed by atoms with van der Waals surface area (Å²) in [5, 5.41) is 20.4. The van der Waals surface area contributed by atoms with Gasteiger partial charge in [-0.2, -0.15) is 0 Å². The lowest BCUT2D eigenvalue weighted by molar-refractivity contribution is -0.908. The summed E-state index contributed by atoms with van der Waals surface area (Å²) in [5.74, 6) is 0. The highest BCUT2D eigenvalue weighted by atomic mass is 16.5. The van der Waals surface area contributed by atoms with Crippen molar-refractivity contribution in [3.05, 3.63) is 0 Å². The number of ether oxygens (including phenoxy) is 2. The first-order chi connectivity index (χ1) is 14.9. The van der Waals surface area contributed by atoms with Crippen LogP contribution in [0.2, 0.25) is 0 Å². The fraction of sp³-hybridized carbons (Fsp3) is 1.00. The van der Waals surface area contributed by atoms with Crippen molar-refractivity contribution >= 4 is 0 Å². The molecule has 30 heavy (non-hydrogen) atoms. The van der Waals surface area contributed by atoms with Crippen LogP contribution < -0.4 is 26.2 Å². The van der Waals surface area contributed by atoms with E-state index in [0.717, 1.165) is 98.4 Å². The van der Waals surface area contributed by atoms with Gasteiger partial charge in [-0.15, -0.1) is 0 Å². The maximum atomic E-state index is 8.55. The van der Waals surface area contributed by atoms with Crippen molar-refractivity contribution in [2.45, 2.75) is 13.3 Å². The van der Waals surface area contributed by atoms with E-state index < -0.39 is 0 Å². The van der Waals surface area contributed by atoms with E-state index in [4.69, 9.17) is 14.6 Å². The van der Waals surface area contributed by atoms with Gasteiger partial charge in [-0.25, -0.2) is 0 Å². The number of quaternary nitrogens is 2. The van der Waals surface area contributed by atoms with Crippen molar-refractivity contribution in [2.75, 3.05) is 125 Å². The predicted molar refractivity (Wildman–Crippen MR) is 121 cm³/mol. The molecule has 3 fully saturated rings. The van der Waals surface area contributed by atoms with Crippen molar-refractivity contribution in [3.63, 3.8) is 0 Å². The highest BCUT2D eigenvalue weighted by Gasteiger charge is 2.11. The maximum absolute atomic E-state index is 8.55. The minimum absolute atomic E-state index is 0.251. The summed E-state index contributed by atoms with van der Waals surface area (Å²) in [6, 6.07) is 0. The Morgan fingerprint density at radius 2 is 1.57 bits per heavy atom. The molecular formula is C21H50N6O3+2. The normalized spacial score (nSPS) is 20.6. The zero-order chi connectivity index (χ0) is 21.5. The number of nitrogens with one attached hydrogen (secondary N) is 4. The van der Waals surface area contributed by atoms with Crippen LogP contribution in [0.4, 0.5) is 0 Å². The highest BCUT2D eigenvalue weighted by molar-refractivity contribution is 4.66. The molecule has 0 spiro atoms. The molecular weight excluding hydrogens is 384 g/mol. The Hall–Kier alpha value is -0.360. The predicted octanol–water partition coefficient (Wildman–Crippen LogP) is -4.05. The number of piperazine rings is 2. The smallest absolute Gasteiger partial charge is 0.101 e. The Bertz CT molecular complexity index is 324. The van der Waals surface area contributed by atoms with Crippen molar-refractivity contribution in [1.82, 2.24) is 20.9 Å². The fourth-order valence-electron chi connectivity index (χ4n) is 3.50. The standard InChI is InChI=1S/C10H23N3O2.C7H15NO.C4H10N2/c14-8-3-12-4-9-15-10-7-13-5-1-11-2-6-13;1-2-3-8-4-6-9-7-5-8;1-2-6-4-3-5-1/h11-12,14H,1-10H2;2-7H2,1H3;5-6H,1-4H2/p+2. The first kappa shape index (κ1) is 27.7. The molecule has 0 unspecified atom stereocenters. The van der Waals surface area contributed by atoms with Gasteiger partial charge < -0.3 is 40.7 Å². The van der Waals surface area contributed by atoms with Gasteiger partial charge in [0.15, 0.2) is 0 Å². The SMILES string of the molecule is C1CNCCN1.CCC[NH+]1CCOCC1.OCC[NH2+]CCOCCN1CCNCC1. The number of morpholine rings is 1. The molecule has 0 atom stereocenters. The molecule has 7 N–H and O–H groups in total. The lowest BCUT2D eigenvalue weighted by Crippen LogP contribution is -3.14. The molecule has 0 aliphatic carbocycles. The first-order valence-electron chi connectivity index (χ1n) is 12.1. The van der Waals surface area contributed by atoms with E-state index >= 15 is 0 Å². The zero-order valence-corrected chi connectivity index (χ0v) is 19.4. The van der Waals surface area contributed by atoms with Crippen LogP contribution in [0.1, 0.15) is 13.3 Å². The second kappa shape index (κ2) is 21.9. The van der Waals surface area contributed by atoms with Gasteiger partial charge in [0.2, 0.25) is 0 Å². The summed E-state index contributed by atoms with van der Waals surface area (Å²) in [7, 11) is 0. The second-order valence-electron chi connectivity index (χ2n) is 7.91. The summed E-state index contributed by atoms with van der Waals surface area (Å²) in [5.41, 5.74) is 0. The van der Waals surface area contributed by atoms with E-state index in [-0.39, 0.29) is 6.61 Å². The summed E-state index contributed by atoms with van der Waals surface area (Å²) >= 11 is 0. The van der Waals surface area contributed by atoms with Gasteiger partial charge in [0.25, 0.3) is 0 Å². The number of rotatable bonds is 10. The Kier molecular flexibility index (Phi) is 20.2. The van der Waals surface area contributed by atoms with Gasteiger partial charge in [-0.1, -0.05) is 6.92 Å². The number of nitrogens with two attached hydrogens (primary N) is 1. The third kappa shape index (κ3) is 17.3. The third-order valence-electron chi connectivity index (χ3n) is 5.32. The number of aliphatic hydroxyl groups is 1. The Morgan fingerprint density at radius 1 is 0.933 bits per heavy atom. The number of aliphatic hydroxyl groups excluding tert-OH is 1. The Morgan fingerprint density at radius 3 is 2.13 bits per heavy atom. The minimum Gasteiger partial charge on any atom is -0.391 e. The maximum Gasteiger partial charge on any atom is 0.101 e. The van der Waals surface area contributed by atoms with Crippen molar-refractivity contribution < 1.29 is 24.8 Å². The lowest BCUT2D eigenvalue weighted by Gasteiger charge is -2.26. The monoisotopic (exact) mass is 434 g/mol. The third-order valence-corrected chi connectivity index (χ3v) is 5.32. The lowest BCUT2D eigenvalue weighted by atomic mass is 10.4. The van der Waals surface area contributed by atoms with Gasteiger partial charge >= 0.3 is 0 Å². The molecule has 0 radical (unpaired) electrons. The molecule has 0 aromatic heterocycles. The van der Waals surface area contributed by atoms with E-state index in [1.54, 1.807) is 4.90 Å². The van der Waals surface area contributed by atoms with Crippen LogP contribution in [-0.2, 0) is 9.47 Å². The largest absolute Gasteiger partial charge is 0.391 e. The van der Waals surface area contributed by atoms with Gasteiger partial charge in [0.05, 0.1) is 52.7 Å². The van der Waals surface area contributed by atoms with E-state index in [2.05, 4.69) is 33.1 Å². The Balaban J connectivity index is 0.000000252. The van der Waals surface area contributed by atoms with Gasteiger partial charge in [-0.05, 0) is 6.42 Å².